The van der Waals surface area contributed by atoms with Gasteiger partial charge in [-0.15, -0.1) is 0 Å². The van der Waals surface area contributed by atoms with Crippen LogP contribution in [0.5, 0.6) is 0 Å². The lowest BCUT2D eigenvalue weighted by Crippen LogP contribution is -2.60. The van der Waals surface area contributed by atoms with Crippen molar-refractivity contribution in [3.63, 3.8) is 0 Å². The summed E-state index contributed by atoms with van der Waals surface area (Å²) in [5.41, 5.74) is 10.8. The number of carboxylic acid groups (broad SMARTS) is 1. The van der Waals surface area contributed by atoms with Crippen molar-refractivity contribution in [1.82, 2.24) is 10.2 Å². The van der Waals surface area contributed by atoms with Crippen LogP contribution in [-0.2, 0) is 19.1 Å². The summed E-state index contributed by atoms with van der Waals surface area (Å²) < 4.78 is 5.39. The zero-order valence-electron chi connectivity index (χ0n) is 13.2. The number of nitrogens with zero attached hydrogens (tertiary/aromatic N) is 1. The zero-order valence-corrected chi connectivity index (χ0v) is 13.2. The monoisotopic (exact) mass is 362 g/mol. The number of rotatable bonds is 8. The fraction of sp³-hybridized carbons (Fsp3) is 0.769. The van der Waals surface area contributed by atoms with Gasteiger partial charge in [0.05, 0.1) is 19.1 Å². The Morgan fingerprint density at radius 2 is 2.00 bits per heavy atom. The molecule has 12 heteroatoms. The fourth-order valence-corrected chi connectivity index (χ4v) is 2.68. The summed E-state index contributed by atoms with van der Waals surface area (Å²) in [7, 11) is 0. The molecule has 7 atom stereocenters. The van der Waals surface area contributed by atoms with Gasteiger partial charge < -0.3 is 46.8 Å². The van der Waals surface area contributed by atoms with Crippen molar-refractivity contribution in [2.45, 2.75) is 49.1 Å². The van der Waals surface area contributed by atoms with E-state index in [0.717, 1.165) is 0 Å². The second-order valence-corrected chi connectivity index (χ2v) is 6.01. The van der Waals surface area contributed by atoms with Crippen molar-refractivity contribution in [2.75, 3.05) is 13.1 Å². The highest BCUT2D eigenvalue weighted by molar-refractivity contribution is 5.87. The minimum atomic E-state index is -1.87. The van der Waals surface area contributed by atoms with Gasteiger partial charge in [-0.25, -0.2) is 4.79 Å². The van der Waals surface area contributed by atoms with Gasteiger partial charge in [0.25, 0.3) is 0 Å². The summed E-state index contributed by atoms with van der Waals surface area (Å²) in [5.74, 6) is -2.81. The minimum absolute atomic E-state index is 0.0719. The third-order valence-corrected chi connectivity index (χ3v) is 4.32. The van der Waals surface area contributed by atoms with Crippen LogP contribution in [0.4, 0.5) is 0 Å². The van der Waals surface area contributed by atoms with Crippen LogP contribution in [0, 0.1) is 0 Å². The smallest absolute Gasteiger partial charge is 0.329 e. The van der Waals surface area contributed by atoms with Crippen molar-refractivity contribution in [2.24, 2.45) is 11.5 Å². The molecule has 0 saturated carbocycles. The first-order chi connectivity index (χ1) is 11.7. The molecule has 0 aromatic carbocycles. The van der Waals surface area contributed by atoms with Gasteiger partial charge in [-0.3, -0.25) is 9.59 Å². The summed E-state index contributed by atoms with van der Waals surface area (Å²) in [5, 5.41) is 40.4. The molecular formula is C13H22N4O8. The van der Waals surface area contributed by atoms with E-state index in [2.05, 4.69) is 0 Å². The molecule has 0 bridgehead atoms. The largest absolute Gasteiger partial charge is 0.480 e. The Balaban J connectivity index is 1.95. The van der Waals surface area contributed by atoms with Crippen LogP contribution in [0.3, 0.4) is 0 Å². The molecule has 2 rings (SSSR count). The van der Waals surface area contributed by atoms with Gasteiger partial charge in [-0.1, -0.05) is 0 Å². The molecule has 0 aromatic heterocycles. The molecule has 5 unspecified atom stereocenters. The van der Waals surface area contributed by atoms with Crippen LogP contribution in [0.15, 0.2) is 0 Å². The van der Waals surface area contributed by atoms with E-state index in [9.17, 15) is 29.7 Å². The molecule has 2 amide bonds. The van der Waals surface area contributed by atoms with Crippen LogP contribution >= 0.6 is 0 Å². The Bertz CT molecular complexity index is 546. The summed E-state index contributed by atoms with van der Waals surface area (Å²) in [6, 6.07) is -3.43. The molecule has 2 aliphatic heterocycles. The maximum Gasteiger partial charge on any atom is 0.329 e. The average Bonchev–Trinajstić information content (AvgIpc) is 2.93. The highest BCUT2D eigenvalue weighted by Crippen LogP contribution is 2.30. The maximum absolute atomic E-state index is 12.1. The van der Waals surface area contributed by atoms with Crippen LogP contribution in [0.25, 0.3) is 0 Å². The van der Waals surface area contributed by atoms with E-state index in [1.807, 2.05) is 5.32 Å². The average molecular weight is 362 g/mol. The zero-order chi connectivity index (χ0) is 18.9. The second-order valence-electron chi connectivity index (χ2n) is 6.01. The number of aliphatic hydroxyl groups excluding tert-OH is 3. The molecule has 2 saturated heterocycles. The highest BCUT2D eigenvalue weighted by atomic mass is 16.5. The Morgan fingerprint density at radius 3 is 2.48 bits per heavy atom. The Kier molecular flexibility index (Phi) is 5.92. The van der Waals surface area contributed by atoms with Crippen LogP contribution in [-0.4, -0.2) is 98.9 Å². The van der Waals surface area contributed by atoms with Gasteiger partial charge in [0.2, 0.25) is 11.8 Å². The molecule has 142 valence electrons. The second kappa shape index (κ2) is 7.59. The van der Waals surface area contributed by atoms with Gasteiger partial charge >= 0.3 is 5.97 Å². The first-order valence-electron chi connectivity index (χ1n) is 7.65. The number of aliphatic carboxylic acids is 1. The predicted molar refractivity (Wildman–Crippen MR) is 79.6 cm³/mol. The first-order valence-corrected chi connectivity index (χ1v) is 7.65. The van der Waals surface area contributed by atoms with Gasteiger partial charge in [0.15, 0.2) is 6.04 Å². The lowest BCUT2D eigenvalue weighted by atomic mass is 10.0. The molecule has 25 heavy (non-hydrogen) atoms. The number of amides is 2. The van der Waals surface area contributed by atoms with E-state index in [-0.39, 0.29) is 18.9 Å². The van der Waals surface area contributed by atoms with Crippen molar-refractivity contribution in [3.05, 3.63) is 0 Å². The molecule has 2 aliphatic rings. The Hall–Kier alpha value is -1.83. The van der Waals surface area contributed by atoms with Gasteiger partial charge in [-0.2, -0.15) is 0 Å². The number of hydrogen-bond acceptors (Lipinski definition) is 9. The molecule has 0 aromatic rings. The number of nitrogens with two attached hydrogens (primary N) is 2. The lowest BCUT2D eigenvalue weighted by molar-refractivity contribution is -0.159. The predicted octanol–water partition coefficient (Wildman–Crippen LogP) is -5.12. The maximum atomic E-state index is 12.1. The fourth-order valence-electron chi connectivity index (χ4n) is 2.68. The molecule has 0 radical (unpaired) electrons. The van der Waals surface area contributed by atoms with Crippen molar-refractivity contribution < 1.29 is 39.5 Å². The number of carbonyl (C=O) groups is 3. The first kappa shape index (κ1) is 19.5. The molecule has 0 spiro atoms. The molecule has 9 N–H and O–H groups in total. The Labute approximate surface area is 142 Å². The summed E-state index contributed by atoms with van der Waals surface area (Å²) >= 11 is 0. The molecular weight excluding hydrogens is 340 g/mol. The Morgan fingerprint density at radius 1 is 1.36 bits per heavy atom. The topological polar surface area (TPSA) is 209 Å². The van der Waals surface area contributed by atoms with E-state index in [0.29, 0.717) is 0 Å². The number of aliphatic hydroxyl groups is 3. The highest BCUT2D eigenvalue weighted by Gasteiger charge is 2.49. The number of fused-ring (bicyclic) bond motifs is 1. The number of ether oxygens (including phenoxy) is 1. The quantitative estimate of drug-likeness (QED) is 0.204. The van der Waals surface area contributed by atoms with Crippen molar-refractivity contribution >= 4 is 17.8 Å². The van der Waals surface area contributed by atoms with E-state index in [4.69, 9.17) is 21.3 Å². The van der Waals surface area contributed by atoms with Crippen LogP contribution in [0.1, 0.15) is 6.42 Å². The van der Waals surface area contributed by atoms with E-state index in [1.165, 1.54) is 4.90 Å². The molecule has 2 heterocycles. The normalized spacial score (nSPS) is 28.4. The minimum Gasteiger partial charge on any atom is -0.480 e. The van der Waals surface area contributed by atoms with E-state index >= 15 is 0 Å². The summed E-state index contributed by atoms with van der Waals surface area (Å²) in [6.45, 7) is -0.348. The van der Waals surface area contributed by atoms with Crippen molar-refractivity contribution in [3.8, 4) is 0 Å². The molecule has 12 nitrogen and oxygen atoms in total. The van der Waals surface area contributed by atoms with Gasteiger partial charge in [-0.05, 0) is 0 Å². The molecule has 2 fully saturated rings. The number of carbonyl (C=O) groups excluding carboxylic acids is 2. The SMILES string of the molecule is NCC(O)C(O)C(NC(=O)C(N)C(O)[C@H]1CN2C(=O)C[C@@H]2O1)C(=O)O. The number of hydrogen-bond donors (Lipinski definition) is 7. The number of carboxylic acids is 1. The third-order valence-electron chi connectivity index (χ3n) is 4.32. The van der Waals surface area contributed by atoms with E-state index in [1.54, 1.807) is 0 Å². The van der Waals surface area contributed by atoms with Gasteiger partial charge in [0, 0.05) is 6.54 Å². The van der Waals surface area contributed by atoms with Crippen LogP contribution in [0.2, 0.25) is 0 Å². The number of β-lactam (4-membered cyclic amide) rings is 1. The lowest BCUT2D eigenvalue weighted by Gasteiger charge is -2.31. The van der Waals surface area contributed by atoms with E-state index < -0.39 is 61.1 Å². The summed E-state index contributed by atoms with van der Waals surface area (Å²) in [6.07, 6.45) is -6.08. The standard InChI is InChI=1S/C13H22N4O8/c14-2-4(18)10(20)9(13(23)24)16-12(22)8(15)11(21)5-3-17-6(19)1-7(17)25-5/h4-5,7-11,18,20-21H,1-3,14-15H2,(H,16,22)(H,23,24)/t4?,5-,7+,8?,9?,10?,11?/m1/s1. The summed E-state index contributed by atoms with van der Waals surface area (Å²) in [4.78, 5) is 36.0. The van der Waals surface area contributed by atoms with Crippen molar-refractivity contribution in [1.29, 1.82) is 0 Å². The van der Waals surface area contributed by atoms with Crippen LogP contribution < -0.4 is 16.8 Å². The third kappa shape index (κ3) is 3.89. The van der Waals surface area contributed by atoms with Gasteiger partial charge in [0.1, 0.15) is 30.6 Å². The number of nitrogens with one attached hydrogen (secondary N) is 1. The molecule has 0 aliphatic carbocycles.